The Morgan fingerprint density at radius 1 is 1.04 bits per heavy atom. The molecule has 1 unspecified atom stereocenters. The van der Waals surface area contributed by atoms with Crippen LogP contribution in [0.5, 0.6) is 0 Å². The minimum Gasteiger partial charge on any atom is -0.361 e. The molecule has 5 nitrogen and oxygen atoms in total. The fourth-order valence-electron chi connectivity index (χ4n) is 3.29. The highest BCUT2D eigenvalue weighted by molar-refractivity contribution is 6.01. The average Bonchev–Trinajstić information content (AvgIpc) is 3.12. The molecule has 1 aliphatic rings. The van der Waals surface area contributed by atoms with Crippen molar-refractivity contribution in [2.24, 2.45) is 0 Å². The highest BCUT2D eigenvalue weighted by Gasteiger charge is 2.41. The van der Waals surface area contributed by atoms with E-state index >= 15 is 0 Å². The highest BCUT2D eigenvalue weighted by Crippen LogP contribution is 2.35. The normalized spacial score (nSPS) is 16.6. The molecule has 1 atom stereocenters. The molecule has 1 N–H and O–H groups in total. The predicted octanol–water partition coefficient (Wildman–Crippen LogP) is 4.06. The Morgan fingerprint density at radius 3 is 2.50 bits per heavy atom. The lowest BCUT2D eigenvalue weighted by molar-refractivity contribution is -0.144. The fraction of sp³-hybridized carbons (Fsp3) is 0.200. The number of aromatic nitrogens is 2. The predicted molar refractivity (Wildman–Crippen MR) is 97.7 cm³/mol. The molecule has 1 amide bonds. The van der Waals surface area contributed by atoms with Crippen molar-refractivity contribution in [2.75, 3.05) is 11.9 Å². The van der Waals surface area contributed by atoms with Crippen molar-refractivity contribution in [2.45, 2.75) is 18.9 Å². The van der Waals surface area contributed by atoms with Crippen molar-refractivity contribution in [3.63, 3.8) is 0 Å². The second-order valence-electron chi connectivity index (χ2n) is 6.60. The third kappa shape index (κ3) is 3.71. The second-order valence-corrected chi connectivity index (χ2v) is 6.60. The fourth-order valence-corrected chi connectivity index (χ4v) is 3.29. The molecule has 4 rings (SSSR count). The maximum Gasteiger partial charge on any atom is 0.406 e. The van der Waals surface area contributed by atoms with Gasteiger partial charge in [-0.1, -0.05) is 42.5 Å². The van der Waals surface area contributed by atoms with Crippen LogP contribution >= 0.6 is 0 Å². The van der Waals surface area contributed by atoms with Crippen LogP contribution in [0.1, 0.15) is 27.7 Å². The topological polar surface area (TPSA) is 50.2 Å². The van der Waals surface area contributed by atoms with Gasteiger partial charge in [-0.05, 0) is 17.7 Å². The molecule has 0 spiro atoms. The van der Waals surface area contributed by atoms with Crippen LogP contribution in [0.4, 0.5) is 18.9 Å². The van der Waals surface area contributed by atoms with E-state index in [1.807, 2.05) is 30.3 Å². The molecule has 0 saturated heterocycles. The number of carbonyl (C=O) groups is 1. The number of carbonyl (C=O) groups excluding carboxylic acids is 1. The van der Waals surface area contributed by atoms with Gasteiger partial charge in [0.1, 0.15) is 12.7 Å². The van der Waals surface area contributed by atoms with E-state index in [9.17, 15) is 18.0 Å². The zero-order valence-corrected chi connectivity index (χ0v) is 14.7. The Kier molecular flexibility index (Phi) is 4.54. The summed E-state index contributed by atoms with van der Waals surface area (Å²) >= 11 is 0. The van der Waals surface area contributed by atoms with Crippen LogP contribution in [0.15, 0.2) is 67.0 Å². The summed E-state index contributed by atoms with van der Waals surface area (Å²) in [7, 11) is 0. The molecule has 2 aromatic carbocycles. The number of nitrogens with one attached hydrogen (secondary N) is 1. The van der Waals surface area contributed by atoms with Gasteiger partial charge in [0.05, 0.1) is 18.3 Å². The Labute approximate surface area is 159 Å². The van der Waals surface area contributed by atoms with Crippen LogP contribution in [0, 0.1) is 0 Å². The standard InChI is InChI=1S/C20H17F3N4O/c21-20(22,23)13-27-18(25-17-9-5-4-8-16(17)19(27)28)15-10-24-26(12-15)11-14-6-2-1-3-7-14/h1-10,12,18,25H,11,13H2. The lowest BCUT2D eigenvalue weighted by Gasteiger charge is -2.37. The average molecular weight is 386 g/mol. The number of amides is 1. The van der Waals surface area contributed by atoms with Crippen molar-refractivity contribution in [1.82, 2.24) is 14.7 Å². The van der Waals surface area contributed by atoms with Gasteiger partial charge >= 0.3 is 6.18 Å². The van der Waals surface area contributed by atoms with E-state index in [1.54, 1.807) is 29.1 Å². The van der Waals surface area contributed by atoms with Gasteiger partial charge in [-0.25, -0.2) is 0 Å². The zero-order valence-electron chi connectivity index (χ0n) is 14.7. The van der Waals surface area contributed by atoms with Crippen LogP contribution < -0.4 is 5.32 Å². The second kappa shape index (κ2) is 7.03. The number of fused-ring (bicyclic) bond motifs is 1. The summed E-state index contributed by atoms with van der Waals surface area (Å²) in [5.74, 6) is -0.660. The first-order valence-electron chi connectivity index (χ1n) is 8.70. The molecule has 0 fully saturated rings. The first-order chi connectivity index (χ1) is 13.4. The summed E-state index contributed by atoms with van der Waals surface area (Å²) in [5.41, 5.74) is 2.23. The van der Waals surface area contributed by atoms with Crippen molar-refractivity contribution >= 4 is 11.6 Å². The lowest BCUT2D eigenvalue weighted by Crippen LogP contribution is -2.47. The number of nitrogens with zero attached hydrogens (tertiary/aromatic N) is 3. The number of hydrogen-bond donors (Lipinski definition) is 1. The van der Waals surface area contributed by atoms with E-state index in [-0.39, 0.29) is 5.56 Å². The van der Waals surface area contributed by atoms with E-state index in [0.29, 0.717) is 17.8 Å². The summed E-state index contributed by atoms with van der Waals surface area (Å²) in [4.78, 5) is 13.5. The number of rotatable bonds is 4. The summed E-state index contributed by atoms with van der Waals surface area (Å²) in [6.07, 6.45) is -2.31. The number of anilines is 1. The first kappa shape index (κ1) is 18.1. The van der Waals surface area contributed by atoms with E-state index in [2.05, 4.69) is 10.4 Å². The number of para-hydroxylation sites is 1. The number of benzene rings is 2. The Morgan fingerprint density at radius 2 is 1.75 bits per heavy atom. The SMILES string of the molecule is O=C1c2ccccc2NC(c2cnn(Cc3ccccc3)c2)N1CC(F)(F)F. The third-order valence-corrected chi connectivity index (χ3v) is 4.53. The van der Waals surface area contributed by atoms with Gasteiger partial charge in [-0.15, -0.1) is 0 Å². The third-order valence-electron chi connectivity index (χ3n) is 4.53. The van der Waals surface area contributed by atoms with Crippen LogP contribution in [0.3, 0.4) is 0 Å². The molecule has 0 bridgehead atoms. The molecule has 1 aromatic heterocycles. The molecular formula is C20H17F3N4O. The summed E-state index contributed by atoms with van der Waals surface area (Å²) < 4.78 is 41.0. The minimum absolute atomic E-state index is 0.222. The minimum atomic E-state index is -4.51. The first-order valence-corrected chi connectivity index (χ1v) is 8.70. The quantitative estimate of drug-likeness (QED) is 0.736. The molecule has 0 radical (unpaired) electrons. The van der Waals surface area contributed by atoms with Gasteiger partial charge in [0.25, 0.3) is 5.91 Å². The molecule has 0 aliphatic carbocycles. The molecule has 2 heterocycles. The van der Waals surface area contributed by atoms with E-state index in [1.165, 1.54) is 12.3 Å². The maximum atomic E-state index is 13.1. The Balaban J connectivity index is 1.65. The summed E-state index contributed by atoms with van der Waals surface area (Å²) in [6.45, 7) is -0.862. The molecule has 1 aliphatic heterocycles. The number of halogens is 3. The van der Waals surface area contributed by atoms with Gasteiger partial charge in [0, 0.05) is 17.4 Å². The highest BCUT2D eigenvalue weighted by atomic mass is 19.4. The Bertz CT molecular complexity index is 984. The molecular weight excluding hydrogens is 369 g/mol. The van der Waals surface area contributed by atoms with E-state index in [0.717, 1.165) is 10.5 Å². The van der Waals surface area contributed by atoms with Crippen LogP contribution in [-0.2, 0) is 6.54 Å². The van der Waals surface area contributed by atoms with Gasteiger partial charge in [-0.3, -0.25) is 9.48 Å². The van der Waals surface area contributed by atoms with Gasteiger partial charge in [0.2, 0.25) is 0 Å². The summed E-state index contributed by atoms with van der Waals surface area (Å²) in [6, 6.07) is 16.2. The smallest absolute Gasteiger partial charge is 0.361 e. The Hall–Kier alpha value is -3.29. The van der Waals surface area contributed by atoms with Gasteiger partial charge < -0.3 is 10.2 Å². The molecule has 3 aromatic rings. The number of alkyl halides is 3. The van der Waals surface area contributed by atoms with Crippen molar-refractivity contribution in [3.8, 4) is 0 Å². The zero-order chi connectivity index (χ0) is 19.7. The largest absolute Gasteiger partial charge is 0.406 e. The van der Waals surface area contributed by atoms with Crippen LogP contribution in [0.2, 0.25) is 0 Å². The monoisotopic (exact) mass is 386 g/mol. The summed E-state index contributed by atoms with van der Waals surface area (Å²) in [5, 5.41) is 7.30. The lowest BCUT2D eigenvalue weighted by atomic mass is 10.1. The van der Waals surface area contributed by atoms with Crippen LogP contribution in [0.25, 0.3) is 0 Å². The molecule has 28 heavy (non-hydrogen) atoms. The molecule has 0 saturated carbocycles. The van der Waals surface area contributed by atoms with Gasteiger partial charge in [0.15, 0.2) is 0 Å². The van der Waals surface area contributed by atoms with Crippen molar-refractivity contribution < 1.29 is 18.0 Å². The number of hydrogen-bond acceptors (Lipinski definition) is 3. The van der Waals surface area contributed by atoms with E-state index in [4.69, 9.17) is 0 Å². The maximum absolute atomic E-state index is 13.1. The van der Waals surface area contributed by atoms with Crippen molar-refractivity contribution in [1.29, 1.82) is 0 Å². The van der Waals surface area contributed by atoms with Gasteiger partial charge in [-0.2, -0.15) is 18.3 Å². The molecule has 144 valence electrons. The van der Waals surface area contributed by atoms with E-state index < -0.39 is 24.8 Å². The molecule has 8 heteroatoms. The van der Waals surface area contributed by atoms with Crippen molar-refractivity contribution in [3.05, 3.63) is 83.7 Å². The van der Waals surface area contributed by atoms with Crippen LogP contribution in [-0.4, -0.2) is 33.3 Å².